The average molecular weight is 330 g/mol. The molecule has 0 radical (unpaired) electrons. The zero-order valence-corrected chi connectivity index (χ0v) is 15.3. The maximum absolute atomic E-state index is 12.6. The molecule has 0 atom stereocenters. The summed E-state index contributed by atoms with van der Waals surface area (Å²) in [6.07, 6.45) is 4.43. The lowest BCUT2D eigenvalue weighted by Gasteiger charge is -2.46. The van der Waals surface area contributed by atoms with Gasteiger partial charge in [-0.25, -0.2) is 0 Å². The summed E-state index contributed by atoms with van der Waals surface area (Å²) in [5, 5.41) is 6.85. The highest BCUT2D eigenvalue weighted by atomic mass is 16.5. The normalized spacial score (nSPS) is 22.8. The van der Waals surface area contributed by atoms with Gasteiger partial charge in [-0.15, -0.1) is 0 Å². The third-order valence-electron chi connectivity index (χ3n) is 4.82. The molecule has 4 nitrogen and oxygen atoms in total. The Hall–Kier alpha value is -1.55. The van der Waals surface area contributed by atoms with Crippen LogP contribution in [0.3, 0.4) is 0 Å². The summed E-state index contributed by atoms with van der Waals surface area (Å²) in [5.41, 5.74) is 0.753. The van der Waals surface area contributed by atoms with Crippen LogP contribution in [-0.2, 0) is 0 Å². The highest BCUT2D eigenvalue weighted by Crippen LogP contribution is 2.30. The van der Waals surface area contributed by atoms with Crippen LogP contribution in [0.15, 0.2) is 24.3 Å². The maximum Gasteiger partial charge on any atom is 0.251 e. The van der Waals surface area contributed by atoms with Crippen molar-refractivity contribution in [3.05, 3.63) is 29.8 Å². The molecule has 1 heterocycles. The molecule has 1 amide bonds. The summed E-state index contributed by atoms with van der Waals surface area (Å²) in [6, 6.07) is 7.69. The van der Waals surface area contributed by atoms with Gasteiger partial charge in [0.15, 0.2) is 0 Å². The second kappa shape index (κ2) is 6.40. The van der Waals surface area contributed by atoms with Gasteiger partial charge in [0.2, 0.25) is 0 Å². The van der Waals surface area contributed by atoms with Crippen LogP contribution in [0.25, 0.3) is 0 Å². The standard InChI is InChI=1S/C20H30N2O2/c1-19(2)11-16(12-20(3,4)22-19)21-18(23)15-7-9-17(10-8-15)24-13-14-5-6-14/h7-10,14,16,22H,5-6,11-13H2,1-4H3,(H,21,23). The second-order valence-electron chi connectivity index (χ2n) is 8.75. The first-order valence-corrected chi connectivity index (χ1v) is 9.06. The molecule has 24 heavy (non-hydrogen) atoms. The van der Waals surface area contributed by atoms with Gasteiger partial charge in [-0.1, -0.05) is 0 Å². The molecule has 2 fully saturated rings. The van der Waals surface area contributed by atoms with E-state index < -0.39 is 0 Å². The Balaban J connectivity index is 1.57. The Morgan fingerprint density at radius 2 is 1.71 bits per heavy atom. The van der Waals surface area contributed by atoms with Crippen molar-refractivity contribution < 1.29 is 9.53 Å². The molecule has 1 aromatic carbocycles. The zero-order valence-electron chi connectivity index (χ0n) is 15.3. The van der Waals surface area contributed by atoms with Crippen molar-refractivity contribution in [3.8, 4) is 5.75 Å². The second-order valence-corrected chi connectivity index (χ2v) is 8.75. The van der Waals surface area contributed by atoms with Gasteiger partial charge in [-0.2, -0.15) is 0 Å². The molecule has 0 aromatic heterocycles. The molecule has 2 aliphatic rings. The molecule has 1 saturated carbocycles. The first-order chi connectivity index (χ1) is 11.2. The third-order valence-corrected chi connectivity index (χ3v) is 4.82. The van der Waals surface area contributed by atoms with Crippen LogP contribution < -0.4 is 15.4 Å². The van der Waals surface area contributed by atoms with Gasteiger partial charge in [0.05, 0.1) is 6.61 Å². The number of carbonyl (C=O) groups is 1. The molecule has 0 unspecified atom stereocenters. The SMILES string of the molecule is CC1(C)CC(NC(=O)c2ccc(OCC3CC3)cc2)CC(C)(C)N1. The van der Waals surface area contributed by atoms with Crippen molar-refractivity contribution in [3.63, 3.8) is 0 Å². The van der Waals surface area contributed by atoms with Crippen molar-refractivity contribution in [2.75, 3.05) is 6.61 Å². The van der Waals surface area contributed by atoms with Crippen LogP contribution in [0.4, 0.5) is 0 Å². The van der Waals surface area contributed by atoms with Crippen molar-refractivity contribution in [2.24, 2.45) is 5.92 Å². The number of benzene rings is 1. The lowest BCUT2D eigenvalue weighted by Crippen LogP contribution is -2.62. The Labute approximate surface area is 145 Å². The minimum atomic E-state index is 0.00208. The maximum atomic E-state index is 12.6. The number of hydrogen-bond donors (Lipinski definition) is 2. The third kappa shape index (κ3) is 4.73. The van der Waals surface area contributed by atoms with Crippen LogP contribution >= 0.6 is 0 Å². The van der Waals surface area contributed by atoms with Gasteiger partial charge in [-0.05, 0) is 83.6 Å². The van der Waals surface area contributed by atoms with Crippen LogP contribution in [0, 0.1) is 5.92 Å². The Kier molecular flexibility index (Phi) is 4.60. The number of rotatable bonds is 5. The number of piperidine rings is 1. The number of hydrogen-bond acceptors (Lipinski definition) is 3. The van der Waals surface area contributed by atoms with E-state index in [-0.39, 0.29) is 23.0 Å². The van der Waals surface area contributed by atoms with Gasteiger partial charge < -0.3 is 15.4 Å². The van der Waals surface area contributed by atoms with Gasteiger partial charge in [-0.3, -0.25) is 4.79 Å². The quantitative estimate of drug-likeness (QED) is 0.868. The molecule has 1 aliphatic heterocycles. The number of nitrogens with one attached hydrogen (secondary N) is 2. The van der Waals surface area contributed by atoms with Gasteiger partial charge in [0.1, 0.15) is 5.75 Å². The Bertz CT molecular complexity index is 572. The zero-order chi connectivity index (χ0) is 17.4. The summed E-state index contributed by atoms with van der Waals surface area (Å²) in [7, 11) is 0. The van der Waals surface area contributed by atoms with Crippen molar-refractivity contribution >= 4 is 5.91 Å². The summed E-state index contributed by atoms with van der Waals surface area (Å²) in [6.45, 7) is 9.57. The van der Waals surface area contributed by atoms with Gasteiger partial charge in [0.25, 0.3) is 5.91 Å². The molecule has 0 bridgehead atoms. The number of ether oxygens (including phenoxy) is 1. The minimum absolute atomic E-state index is 0.00208. The summed E-state index contributed by atoms with van der Waals surface area (Å²) in [5.74, 6) is 1.59. The lowest BCUT2D eigenvalue weighted by atomic mass is 9.79. The van der Waals surface area contributed by atoms with E-state index in [0.29, 0.717) is 5.56 Å². The van der Waals surface area contributed by atoms with E-state index in [1.807, 2.05) is 24.3 Å². The first kappa shape index (κ1) is 17.3. The molecule has 0 spiro atoms. The Morgan fingerprint density at radius 3 is 2.25 bits per heavy atom. The molecule has 3 rings (SSSR count). The molecule has 1 saturated heterocycles. The van der Waals surface area contributed by atoms with E-state index in [0.717, 1.165) is 31.1 Å². The Morgan fingerprint density at radius 1 is 1.12 bits per heavy atom. The lowest BCUT2D eigenvalue weighted by molar-refractivity contribution is 0.0873. The molecule has 2 N–H and O–H groups in total. The highest BCUT2D eigenvalue weighted by Gasteiger charge is 2.38. The molecular formula is C20H30N2O2. The van der Waals surface area contributed by atoms with Crippen LogP contribution in [-0.4, -0.2) is 29.6 Å². The van der Waals surface area contributed by atoms with Gasteiger partial charge >= 0.3 is 0 Å². The molecule has 1 aromatic rings. The predicted octanol–water partition coefficient (Wildman–Crippen LogP) is 3.51. The van der Waals surface area contributed by atoms with E-state index in [1.165, 1.54) is 12.8 Å². The van der Waals surface area contributed by atoms with E-state index in [1.54, 1.807) is 0 Å². The summed E-state index contributed by atoms with van der Waals surface area (Å²) < 4.78 is 5.73. The fraction of sp³-hybridized carbons (Fsp3) is 0.650. The average Bonchev–Trinajstić information content (AvgIpc) is 3.26. The fourth-order valence-corrected chi connectivity index (χ4v) is 3.89. The smallest absolute Gasteiger partial charge is 0.251 e. The van der Waals surface area contributed by atoms with Crippen LogP contribution in [0.2, 0.25) is 0 Å². The summed E-state index contributed by atoms with van der Waals surface area (Å²) >= 11 is 0. The van der Waals surface area contributed by atoms with E-state index in [9.17, 15) is 4.79 Å². The molecule has 4 heteroatoms. The van der Waals surface area contributed by atoms with E-state index in [4.69, 9.17) is 4.74 Å². The van der Waals surface area contributed by atoms with E-state index >= 15 is 0 Å². The van der Waals surface area contributed by atoms with E-state index in [2.05, 4.69) is 38.3 Å². The van der Waals surface area contributed by atoms with Crippen LogP contribution in [0.5, 0.6) is 5.75 Å². The first-order valence-electron chi connectivity index (χ1n) is 9.06. The topological polar surface area (TPSA) is 50.4 Å². The predicted molar refractivity (Wildman–Crippen MR) is 96.4 cm³/mol. The van der Waals surface area contributed by atoms with Crippen LogP contribution in [0.1, 0.15) is 63.7 Å². The monoisotopic (exact) mass is 330 g/mol. The van der Waals surface area contributed by atoms with Crippen molar-refractivity contribution in [2.45, 2.75) is 70.5 Å². The molecule has 1 aliphatic carbocycles. The largest absolute Gasteiger partial charge is 0.493 e. The number of carbonyl (C=O) groups excluding carboxylic acids is 1. The highest BCUT2D eigenvalue weighted by molar-refractivity contribution is 5.94. The van der Waals surface area contributed by atoms with Crippen molar-refractivity contribution in [1.82, 2.24) is 10.6 Å². The minimum Gasteiger partial charge on any atom is -0.493 e. The number of amides is 1. The van der Waals surface area contributed by atoms with Gasteiger partial charge in [0, 0.05) is 22.7 Å². The molecule has 132 valence electrons. The molecular weight excluding hydrogens is 300 g/mol. The van der Waals surface area contributed by atoms with Crippen molar-refractivity contribution in [1.29, 1.82) is 0 Å². The summed E-state index contributed by atoms with van der Waals surface area (Å²) in [4.78, 5) is 12.6. The fourth-order valence-electron chi connectivity index (χ4n) is 3.89.